The summed E-state index contributed by atoms with van der Waals surface area (Å²) in [4.78, 5) is 11.3. The Labute approximate surface area is 128 Å². The number of methoxy groups -OCH3 is 1. The van der Waals surface area contributed by atoms with Gasteiger partial charge in [-0.1, -0.05) is 24.3 Å². The predicted octanol–water partition coefficient (Wildman–Crippen LogP) is 1.67. The van der Waals surface area contributed by atoms with Crippen molar-refractivity contribution >= 4 is 15.8 Å². The molecule has 118 valence electrons. The molecule has 0 amide bonds. The third kappa shape index (κ3) is 4.19. The van der Waals surface area contributed by atoms with Gasteiger partial charge >= 0.3 is 5.97 Å². The fourth-order valence-corrected chi connectivity index (χ4v) is 3.38. The van der Waals surface area contributed by atoms with Gasteiger partial charge in [0.05, 0.1) is 19.5 Å². The number of carbonyl (C=O) groups excluding carboxylic acids is 1. The number of aliphatic hydroxyl groups is 1. The van der Waals surface area contributed by atoms with Crippen LogP contribution in [0, 0.1) is 0 Å². The minimum atomic E-state index is -3.46. The van der Waals surface area contributed by atoms with Crippen molar-refractivity contribution < 1.29 is 27.5 Å². The molecular formula is C15H16O6S. The summed E-state index contributed by atoms with van der Waals surface area (Å²) in [6, 6.07) is 9.54. The van der Waals surface area contributed by atoms with Crippen molar-refractivity contribution in [2.45, 2.75) is 18.1 Å². The first-order valence-corrected chi connectivity index (χ1v) is 8.32. The Kier molecular flexibility index (Phi) is 4.99. The van der Waals surface area contributed by atoms with Gasteiger partial charge in [0.25, 0.3) is 0 Å². The zero-order valence-corrected chi connectivity index (χ0v) is 12.8. The van der Waals surface area contributed by atoms with Gasteiger partial charge in [-0.05, 0) is 23.3 Å². The summed E-state index contributed by atoms with van der Waals surface area (Å²) >= 11 is 0. The fraction of sp³-hybridized carbons (Fsp3) is 0.267. The average Bonchev–Trinajstić information content (AvgIpc) is 2.93. The van der Waals surface area contributed by atoms with Crippen molar-refractivity contribution in [1.29, 1.82) is 0 Å². The van der Waals surface area contributed by atoms with E-state index in [2.05, 4.69) is 4.74 Å². The van der Waals surface area contributed by atoms with Crippen LogP contribution in [-0.2, 0) is 32.7 Å². The van der Waals surface area contributed by atoms with Crippen molar-refractivity contribution in [3.8, 4) is 0 Å². The maximum absolute atomic E-state index is 12.2. The molecule has 1 N–H and O–H groups in total. The molecule has 1 heterocycles. The SMILES string of the molecule is COC(=O)c1ccc(CS(=O)(=O)Cc2cccc(CO)c2)o1. The Morgan fingerprint density at radius 1 is 1.18 bits per heavy atom. The minimum absolute atomic E-state index is 0.0324. The van der Waals surface area contributed by atoms with Crippen LogP contribution in [-0.4, -0.2) is 26.6 Å². The number of sulfone groups is 1. The molecule has 7 heteroatoms. The Bertz CT molecular complexity index is 760. The van der Waals surface area contributed by atoms with E-state index in [0.717, 1.165) is 0 Å². The number of esters is 1. The number of aliphatic hydroxyl groups excluding tert-OH is 1. The molecule has 0 fully saturated rings. The molecule has 0 saturated heterocycles. The lowest BCUT2D eigenvalue weighted by Gasteiger charge is -2.04. The van der Waals surface area contributed by atoms with Crippen LogP contribution >= 0.6 is 0 Å². The molecular weight excluding hydrogens is 308 g/mol. The van der Waals surface area contributed by atoms with Crippen LogP contribution in [0.5, 0.6) is 0 Å². The summed E-state index contributed by atoms with van der Waals surface area (Å²) in [5, 5.41) is 9.07. The predicted molar refractivity (Wildman–Crippen MR) is 78.7 cm³/mol. The molecule has 22 heavy (non-hydrogen) atoms. The molecule has 0 bridgehead atoms. The zero-order valence-electron chi connectivity index (χ0n) is 12.0. The van der Waals surface area contributed by atoms with Gasteiger partial charge in [0.1, 0.15) is 11.5 Å². The molecule has 0 atom stereocenters. The second-order valence-corrected chi connectivity index (χ2v) is 6.83. The molecule has 0 aliphatic heterocycles. The Morgan fingerprint density at radius 2 is 1.91 bits per heavy atom. The van der Waals surface area contributed by atoms with E-state index in [0.29, 0.717) is 11.1 Å². The highest BCUT2D eigenvalue weighted by molar-refractivity contribution is 7.89. The third-order valence-electron chi connectivity index (χ3n) is 2.97. The summed E-state index contributed by atoms with van der Waals surface area (Å²) in [5.41, 5.74) is 1.24. The Balaban J connectivity index is 2.10. The van der Waals surface area contributed by atoms with Gasteiger partial charge < -0.3 is 14.3 Å². The van der Waals surface area contributed by atoms with Crippen LogP contribution in [0.2, 0.25) is 0 Å². The van der Waals surface area contributed by atoms with Crippen molar-refractivity contribution in [3.63, 3.8) is 0 Å². The highest BCUT2D eigenvalue weighted by Crippen LogP contribution is 2.16. The largest absolute Gasteiger partial charge is 0.463 e. The van der Waals surface area contributed by atoms with Gasteiger partial charge in [-0.25, -0.2) is 13.2 Å². The van der Waals surface area contributed by atoms with Gasteiger partial charge in [0.2, 0.25) is 5.76 Å². The molecule has 0 spiro atoms. The van der Waals surface area contributed by atoms with E-state index in [9.17, 15) is 13.2 Å². The fourth-order valence-electron chi connectivity index (χ4n) is 2.01. The molecule has 0 aliphatic carbocycles. The number of ether oxygens (including phenoxy) is 1. The molecule has 2 aromatic rings. The van der Waals surface area contributed by atoms with Crippen LogP contribution < -0.4 is 0 Å². The normalized spacial score (nSPS) is 11.4. The highest BCUT2D eigenvalue weighted by atomic mass is 32.2. The van der Waals surface area contributed by atoms with Crippen LogP contribution in [0.15, 0.2) is 40.8 Å². The lowest BCUT2D eigenvalue weighted by molar-refractivity contribution is 0.0563. The van der Waals surface area contributed by atoms with Crippen LogP contribution in [0.3, 0.4) is 0 Å². The molecule has 6 nitrogen and oxygen atoms in total. The summed E-state index contributed by atoms with van der Waals surface area (Å²) in [5.74, 6) is -0.990. The molecule has 0 aliphatic rings. The maximum atomic E-state index is 12.2. The van der Waals surface area contributed by atoms with E-state index in [1.807, 2.05) is 0 Å². The van der Waals surface area contributed by atoms with Crippen molar-refractivity contribution in [2.24, 2.45) is 0 Å². The number of benzene rings is 1. The van der Waals surface area contributed by atoms with E-state index in [1.54, 1.807) is 24.3 Å². The summed E-state index contributed by atoms with van der Waals surface area (Å²) in [6.07, 6.45) is 0. The molecule has 2 rings (SSSR count). The first-order chi connectivity index (χ1) is 10.4. The van der Waals surface area contributed by atoms with E-state index >= 15 is 0 Å². The Hall–Kier alpha value is -2.12. The van der Waals surface area contributed by atoms with Crippen LogP contribution in [0.4, 0.5) is 0 Å². The topological polar surface area (TPSA) is 93.8 Å². The zero-order chi connectivity index (χ0) is 16.2. The molecule has 0 saturated carbocycles. The molecule has 0 unspecified atom stereocenters. The van der Waals surface area contributed by atoms with Gasteiger partial charge in [-0.2, -0.15) is 0 Å². The lowest BCUT2D eigenvalue weighted by atomic mass is 10.1. The van der Waals surface area contributed by atoms with Gasteiger partial charge in [-0.15, -0.1) is 0 Å². The summed E-state index contributed by atoms with van der Waals surface area (Å²) in [7, 11) is -2.24. The minimum Gasteiger partial charge on any atom is -0.463 e. The van der Waals surface area contributed by atoms with E-state index < -0.39 is 15.8 Å². The molecule has 1 aromatic carbocycles. The second kappa shape index (κ2) is 6.76. The van der Waals surface area contributed by atoms with Crippen molar-refractivity contribution in [1.82, 2.24) is 0 Å². The smallest absolute Gasteiger partial charge is 0.373 e. The summed E-state index contributed by atoms with van der Waals surface area (Å²) < 4.78 is 34.0. The van der Waals surface area contributed by atoms with Gasteiger partial charge in [0.15, 0.2) is 9.84 Å². The number of hydrogen-bond donors (Lipinski definition) is 1. The number of rotatable bonds is 6. The molecule has 0 radical (unpaired) electrons. The van der Waals surface area contributed by atoms with Crippen molar-refractivity contribution in [2.75, 3.05) is 7.11 Å². The van der Waals surface area contributed by atoms with Gasteiger partial charge in [-0.3, -0.25) is 0 Å². The quantitative estimate of drug-likeness (QED) is 0.812. The van der Waals surface area contributed by atoms with Gasteiger partial charge in [0, 0.05) is 0 Å². The standard InChI is InChI=1S/C15H16O6S/c1-20-15(17)14-6-5-13(21-14)10-22(18,19)9-12-4-2-3-11(7-12)8-16/h2-7,16H,8-10H2,1H3. The third-order valence-corrected chi connectivity index (χ3v) is 4.47. The maximum Gasteiger partial charge on any atom is 0.373 e. The van der Waals surface area contributed by atoms with Crippen LogP contribution in [0.1, 0.15) is 27.4 Å². The highest BCUT2D eigenvalue weighted by Gasteiger charge is 2.18. The first kappa shape index (κ1) is 16.3. The number of furan rings is 1. The van der Waals surface area contributed by atoms with E-state index in [-0.39, 0.29) is 29.6 Å². The molecule has 1 aromatic heterocycles. The average molecular weight is 324 g/mol. The van der Waals surface area contributed by atoms with Crippen molar-refractivity contribution in [3.05, 3.63) is 59.0 Å². The number of hydrogen-bond acceptors (Lipinski definition) is 6. The lowest BCUT2D eigenvalue weighted by Crippen LogP contribution is -2.07. The van der Waals surface area contributed by atoms with Crippen LogP contribution in [0.25, 0.3) is 0 Å². The van der Waals surface area contributed by atoms with E-state index in [4.69, 9.17) is 9.52 Å². The van der Waals surface area contributed by atoms with E-state index in [1.165, 1.54) is 19.2 Å². The summed E-state index contributed by atoms with van der Waals surface area (Å²) in [6.45, 7) is -0.144. The Morgan fingerprint density at radius 3 is 2.59 bits per heavy atom. The first-order valence-electron chi connectivity index (χ1n) is 6.49. The number of carbonyl (C=O) groups is 1. The second-order valence-electron chi connectivity index (χ2n) is 4.77. The monoisotopic (exact) mass is 324 g/mol.